The van der Waals surface area contributed by atoms with Crippen LogP contribution in [0.2, 0.25) is 5.02 Å². The Hall–Kier alpha value is -2.83. The van der Waals surface area contributed by atoms with Crippen molar-refractivity contribution in [1.82, 2.24) is 5.32 Å². The number of anilines is 1. The maximum absolute atomic E-state index is 13.5. The van der Waals surface area contributed by atoms with E-state index in [0.29, 0.717) is 12.1 Å². The van der Waals surface area contributed by atoms with E-state index in [4.69, 9.17) is 11.6 Å². The molecule has 0 unspecified atom stereocenters. The van der Waals surface area contributed by atoms with Gasteiger partial charge in [-0.1, -0.05) is 67.1 Å². The highest BCUT2D eigenvalue weighted by Crippen LogP contribution is 2.42. The molecule has 0 saturated heterocycles. The van der Waals surface area contributed by atoms with Gasteiger partial charge >= 0.3 is 0 Å². The van der Waals surface area contributed by atoms with Gasteiger partial charge in [-0.05, 0) is 35.4 Å². The van der Waals surface area contributed by atoms with Gasteiger partial charge in [-0.3, -0.25) is 9.59 Å². The molecule has 3 aromatic rings. The largest absolute Gasteiger partial charge is 0.352 e. The third-order valence-electron chi connectivity index (χ3n) is 5.44. The van der Waals surface area contributed by atoms with Gasteiger partial charge < -0.3 is 10.2 Å². The normalized spacial score (nSPS) is 16.4. The number of hydrogen-bond acceptors (Lipinski definition) is 3. The van der Waals surface area contributed by atoms with Crippen molar-refractivity contribution in [1.29, 1.82) is 0 Å². The Kier molecular flexibility index (Phi) is 6.82. The number of nitrogens with zero attached hydrogens (tertiary/aromatic N) is 1. The number of carbonyl (C=O) groups excluding carboxylic acids is 2. The summed E-state index contributed by atoms with van der Waals surface area (Å²) < 4.78 is 13.5. The van der Waals surface area contributed by atoms with Gasteiger partial charge in [0.1, 0.15) is 11.1 Å². The van der Waals surface area contributed by atoms with Gasteiger partial charge in [-0.25, -0.2) is 4.39 Å². The van der Waals surface area contributed by atoms with Gasteiger partial charge in [-0.2, -0.15) is 0 Å². The Morgan fingerprint density at radius 2 is 1.84 bits per heavy atom. The van der Waals surface area contributed by atoms with Crippen molar-refractivity contribution < 1.29 is 14.0 Å². The van der Waals surface area contributed by atoms with Crippen molar-refractivity contribution in [3.8, 4) is 0 Å². The molecule has 4 rings (SSSR count). The minimum Gasteiger partial charge on any atom is -0.352 e. The molecule has 0 aromatic heterocycles. The molecule has 0 spiro atoms. The van der Waals surface area contributed by atoms with Crippen LogP contribution in [0.1, 0.15) is 18.1 Å². The van der Waals surface area contributed by atoms with E-state index in [1.54, 1.807) is 17.9 Å². The molecule has 0 saturated carbocycles. The quantitative estimate of drug-likeness (QED) is 0.524. The highest BCUT2D eigenvalue weighted by atomic mass is 35.5. The molecule has 1 heterocycles. The molecule has 2 amide bonds. The molecular weight excluding hydrogens is 447 g/mol. The molecule has 32 heavy (non-hydrogen) atoms. The summed E-state index contributed by atoms with van der Waals surface area (Å²) >= 11 is 7.62. The number of hydrogen-bond donors (Lipinski definition) is 1. The molecule has 1 aliphatic rings. The molecule has 0 radical (unpaired) electrons. The lowest BCUT2D eigenvalue weighted by Crippen LogP contribution is -2.47. The SMILES string of the molecule is C[C@@H](C(=O)NCc1ccccc1)[C@@H]1Sc2ccccc2N(Cc2ccc(F)cc2Cl)C1=O. The van der Waals surface area contributed by atoms with Gasteiger partial charge in [0.15, 0.2) is 0 Å². The molecule has 0 bridgehead atoms. The van der Waals surface area contributed by atoms with Crippen LogP contribution in [0.25, 0.3) is 0 Å². The molecule has 7 heteroatoms. The maximum Gasteiger partial charge on any atom is 0.241 e. The number of para-hydroxylation sites is 1. The average molecular weight is 469 g/mol. The standard InChI is InChI=1S/C25H22ClFN2O2S/c1-16(24(30)28-14-17-7-3-2-4-8-17)23-25(31)29(21-9-5-6-10-22(21)32-23)15-18-11-12-19(27)13-20(18)26/h2-13,16,23H,14-15H2,1H3,(H,28,30)/t16-,23+/m1/s1. The molecule has 3 aromatic carbocycles. The Labute approximate surface area is 195 Å². The van der Waals surface area contributed by atoms with Gasteiger partial charge in [0.2, 0.25) is 11.8 Å². The Morgan fingerprint density at radius 3 is 2.59 bits per heavy atom. The van der Waals surface area contributed by atoms with E-state index in [1.807, 2.05) is 54.6 Å². The molecule has 1 aliphatic heterocycles. The molecule has 2 atom stereocenters. The second kappa shape index (κ2) is 9.76. The van der Waals surface area contributed by atoms with Crippen LogP contribution in [-0.2, 0) is 22.7 Å². The third-order valence-corrected chi connectivity index (χ3v) is 7.26. The van der Waals surface area contributed by atoms with Gasteiger partial charge in [0.25, 0.3) is 0 Å². The Balaban J connectivity index is 1.55. The molecule has 164 valence electrons. The van der Waals surface area contributed by atoms with E-state index >= 15 is 0 Å². The number of benzene rings is 3. The lowest BCUT2D eigenvalue weighted by molar-refractivity contribution is -0.128. The summed E-state index contributed by atoms with van der Waals surface area (Å²) in [6.45, 7) is 2.37. The second-order valence-corrected chi connectivity index (χ2v) is 9.25. The van der Waals surface area contributed by atoms with Crippen molar-refractivity contribution in [2.24, 2.45) is 5.92 Å². The fraction of sp³-hybridized carbons (Fsp3) is 0.200. The molecule has 0 aliphatic carbocycles. The van der Waals surface area contributed by atoms with E-state index in [1.165, 1.54) is 23.9 Å². The maximum atomic E-state index is 13.5. The van der Waals surface area contributed by atoms with Crippen molar-refractivity contribution >= 4 is 40.9 Å². The first-order valence-corrected chi connectivity index (χ1v) is 11.5. The summed E-state index contributed by atoms with van der Waals surface area (Å²) in [7, 11) is 0. The first-order valence-electron chi connectivity index (χ1n) is 10.3. The van der Waals surface area contributed by atoms with Crippen molar-refractivity contribution in [3.05, 3.63) is 94.8 Å². The zero-order chi connectivity index (χ0) is 22.7. The fourth-order valence-corrected chi connectivity index (χ4v) is 5.13. The van der Waals surface area contributed by atoms with Gasteiger partial charge in [-0.15, -0.1) is 11.8 Å². The van der Waals surface area contributed by atoms with Gasteiger partial charge in [0, 0.05) is 16.5 Å². The smallest absolute Gasteiger partial charge is 0.241 e. The topological polar surface area (TPSA) is 49.4 Å². The number of carbonyl (C=O) groups is 2. The monoisotopic (exact) mass is 468 g/mol. The third kappa shape index (κ3) is 4.81. The highest BCUT2D eigenvalue weighted by Gasteiger charge is 2.39. The van der Waals surface area contributed by atoms with Crippen LogP contribution in [0.4, 0.5) is 10.1 Å². The summed E-state index contributed by atoms with van der Waals surface area (Å²) in [6, 6.07) is 21.4. The summed E-state index contributed by atoms with van der Waals surface area (Å²) in [5.74, 6) is -1.33. The van der Waals surface area contributed by atoms with Crippen LogP contribution >= 0.6 is 23.4 Å². The minimum atomic E-state index is -0.583. The number of nitrogens with one attached hydrogen (secondary N) is 1. The molecular formula is C25H22ClFN2O2S. The predicted octanol–water partition coefficient (Wildman–Crippen LogP) is 5.44. The van der Waals surface area contributed by atoms with E-state index < -0.39 is 17.0 Å². The average Bonchev–Trinajstić information content (AvgIpc) is 2.80. The number of rotatable bonds is 6. The molecule has 4 nitrogen and oxygen atoms in total. The summed E-state index contributed by atoms with van der Waals surface area (Å²) in [5.41, 5.74) is 2.40. The summed E-state index contributed by atoms with van der Waals surface area (Å²) in [5, 5.41) is 2.61. The van der Waals surface area contributed by atoms with Gasteiger partial charge in [0.05, 0.1) is 18.2 Å². The molecule has 1 N–H and O–H groups in total. The number of thioether (sulfide) groups is 1. The Bertz CT molecular complexity index is 1140. The zero-order valence-corrected chi connectivity index (χ0v) is 19.0. The van der Waals surface area contributed by atoms with E-state index in [-0.39, 0.29) is 23.4 Å². The lowest BCUT2D eigenvalue weighted by Gasteiger charge is -2.36. The summed E-state index contributed by atoms with van der Waals surface area (Å²) in [4.78, 5) is 28.9. The predicted molar refractivity (Wildman–Crippen MR) is 126 cm³/mol. The van der Waals surface area contributed by atoms with Crippen molar-refractivity contribution in [2.45, 2.75) is 30.2 Å². The van der Waals surface area contributed by atoms with Crippen LogP contribution in [0.5, 0.6) is 0 Å². The number of amides is 2. The van der Waals surface area contributed by atoms with Crippen LogP contribution in [0, 0.1) is 11.7 Å². The number of fused-ring (bicyclic) bond motifs is 1. The van der Waals surface area contributed by atoms with Crippen LogP contribution in [-0.4, -0.2) is 17.1 Å². The zero-order valence-electron chi connectivity index (χ0n) is 17.4. The second-order valence-electron chi connectivity index (χ2n) is 7.66. The molecule has 0 fully saturated rings. The van der Waals surface area contributed by atoms with E-state index in [0.717, 1.165) is 16.1 Å². The van der Waals surface area contributed by atoms with Crippen molar-refractivity contribution in [3.63, 3.8) is 0 Å². The van der Waals surface area contributed by atoms with E-state index in [2.05, 4.69) is 5.32 Å². The first-order chi connectivity index (χ1) is 15.4. The summed E-state index contributed by atoms with van der Waals surface area (Å²) in [6.07, 6.45) is 0. The highest BCUT2D eigenvalue weighted by molar-refractivity contribution is 8.01. The lowest BCUT2D eigenvalue weighted by atomic mass is 10.0. The Morgan fingerprint density at radius 1 is 1.12 bits per heavy atom. The van der Waals surface area contributed by atoms with Crippen LogP contribution in [0.15, 0.2) is 77.7 Å². The van der Waals surface area contributed by atoms with Crippen LogP contribution < -0.4 is 10.2 Å². The number of halogens is 2. The minimum absolute atomic E-state index is 0.170. The first kappa shape index (κ1) is 22.4. The van der Waals surface area contributed by atoms with Crippen molar-refractivity contribution in [2.75, 3.05) is 4.90 Å². The van der Waals surface area contributed by atoms with E-state index in [9.17, 15) is 14.0 Å². The van der Waals surface area contributed by atoms with Crippen LogP contribution in [0.3, 0.4) is 0 Å². The fourth-order valence-electron chi connectivity index (χ4n) is 3.62.